The standard InChI is InChI=1S/C26H39N3O2/c1-17(15-29-16-18(13-27)14-28-29)26(31)11-8-23-22-5-4-19-12-24(2,30)9-6-20(19)21(22)7-10-25(23,26)3/h14,16-17,19-23,30-31H,4-12,15H2,1-3H3/t17-,19+,20-,21+,22+,23-,24+,25-,26-/m0/s1. The van der Waals surface area contributed by atoms with Crippen molar-refractivity contribution in [1.29, 1.82) is 5.26 Å². The minimum absolute atomic E-state index is 0.0359. The molecule has 4 aliphatic rings. The van der Waals surface area contributed by atoms with Gasteiger partial charge in [0, 0.05) is 18.7 Å². The van der Waals surface area contributed by atoms with Crippen molar-refractivity contribution in [2.24, 2.45) is 40.9 Å². The van der Waals surface area contributed by atoms with Gasteiger partial charge in [-0.3, -0.25) is 4.68 Å². The van der Waals surface area contributed by atoms with E-state index in [1.807, 2.05) is 11.6 Å². The molecule has 0 unspecified atom stereocenters. The Bertz CT molecular complexity index is 872. The molecule has 4 saturated carbocycles. The van der Waals surface area contributed by atoms with Crippen LogP contribution in [0, 0.1) is 52.3 Å². The number of aromatic nitrogens is 2. The molecule has 31 heavy (non-hydrogen) atoms. The van der Waals surface area contributed by atoms with E-state index in [-0.39, 0.29) is 11.3 Å². The Balaban J connectivity index is 1.34. The summed E-state index contributed by atoms with van der Waals surface area (Å²) in [6.45, 7) is 7.24. The fraction of sp³-hybridized carbons (Fsp3) is 0.846. The number of aliphatic hydroxyl groups is 2. The van der Waals surface area contributed by atoms with Crippen LogP contribution in [0.5, 0.6) is 0 Å². The van der Waals surface area contributed by atoms with Crippen molar-refractivity contribution in [3.63, 3.8) is 0 Å². The second-order valence-electron chi connectivity index (χ2n) is 12.1. The first-order chi connectivity index (χ1) is 14.7. The van der Waals surface area contributed by atoms with Crippen molar-refractivity contribution in [3.05, 3.63) is 18.0 Å². The van der Waals surface area contributed by atoms with Gasteiger partial charge in [0.2, 0.25) is 0 Å². The Morgan fingerprint density at radius 3 is 2.61 bits per heavy atom. The minimum Gasteiger partial charge on any atom is -0.390 e. The molecule has 0 aliphatic heterocycles. The Morgan fingerprint density at radius 2 is 1.87 bits per heavy atom. The Hall–Kier alpha value is -1.38. The fourth-order valence-corrected chi connectivity index (χ4v) is 8.89. The third kappa shape index (κ3) is 3.28. The normalized spacial score (nSPS) is 47.7. The smallest absolute Gasteiger partial charge is 0.102 e. The molecule has 1 aromatic heterocycles. The van der Waals surface area contributed by atoms with Crippen LogP contribution in [0.4, 0.5) is 0 Å². The van der Waals surface area contributed by atoms with E-state index in [9.17, 15) is 10.2 Å². The first-order valence-electron chi connectivity index (χ1n) is 12.5. The molecule has 4 aliphatic carbocycles. The van der Waals surface area contributed by atoms with Crippen LogP contribution in [-0.2, 0) is 6.54 Å². The molecule has 0 spiro atoms. The number of nitriles is 1. The molecule has 5 rings (SSSR count). The highest BCUT2D eigenvalue weighted by Gasteiger charge is 2.64. The van der Waals surface area contributed by atoms with Gasteiger partial charge in [-0.2, -0.15) is 10.4 Å². The van der Waals surface area contributed by atoms with Crippen LogP contribution < -0.4 is 0 Å². The average Bonchev–Trinajstić information content (AvgIpc) is 3.29. The van der Waals surface area contributed by atoms with Gasteiger partial charge in [-0.05, 0) is 99.7 Å². The number of fused-ring (bicyclic) bond motifs is 5. The third-order valence-corrected chi connectivity index (χ3v) is 10.5. The highest BCUT2D eigenvalue weighted by molar-refractivity contribution is 5.22. The second kappa shape index (κ2) is 7.32. The maximum Gasteiger partial charge on any atom is 0.102 e. The zero-order valence-electron chi connectivity index (χ0n) is 19.4. The van der Waals surface area contributed by atoms with Gasteiger partial charge in [-0.1, -0.05) is 13.8 Å². The predicted molar refractivity (Wildman–Crippen MR) is 119 cm³/mol. The lowest BCUT2D eigenvalue weighted by atomic mass is 9.48. The van der Waals surface area contributed by atoms with E-state index in [4.69, 9.17) is 5.26 Å². The molecule has 0 radical (unpaired) electrons. The number of rotatable bonds is 3. The second-order valence-corrected chi connectivity index (χ2v) is 12.1. The fourth-order valence-electron chi connectivity index (χ4n) is 8.89. The highest BCUT2D eigenvalue weighted by atomic mass is 16.3. The highest BCUT2D eigenvalue weighted by Crippen LogP contribution is 2.67. The number of hydrogen-bond donors (Lipinski definition) is 2. The molecular weight excluding hydrogens is 386 g/mol. The van der Waals surface area contributed by atoms with Gasteiger partial charge >= 0.3 is 0 Å². The summed E-state index contributed by atoms with van der Waals surface area (Å²) in [4.78, 5) is 0. The topological polar surface area (TPSA) is 82.1 Å². The van der Waals surface area contributed by atoms with E-state index >= 15 is 0 Å². The maximum atomic E-state index is 12.1. The molecule has 1 heterocycles. The molecule has 9 atom stereocenters. The summed E-state index contributed by atoms with van der Waals surface area (Å²) < 4.78 is 1.84. The van der Waals surface area contributed by atoms with Crippen molar-refractivity contribution in [1.82, 2.24) is 9.78 Å². The third-order valence-electron chi connectivity index (χ3n) is 10.5. The van der Waals surface area contributed by atoms with Crippen molar-refractivity contribution < 1.29 is 10.2 Å². The first-order valence-corrected chi connectivity index (χ1v) is 12.5. The molecule has 5 nitrogen and oxygen atoms in total. The van der Waals surface area contributed by atoms with Crippen LogP contribution in [0.1, 0.15) is 84.1 Å². The molecule has 170 valence electrons. The minimum atomic E-state index is -0.672. The summed E-state index contributed by atoms with van der Waals surface area (Å²) in [5.41, 5.74) is -0.586. The monoisotopic (exact) mass is 425 g/mol. The largest absolute Gasteiger partial charge is 0.390 e. The van der Waals surface area contributed by atoms with Gasteiger partial charge < -0.3 is 10.2 Å². The molecule has 0 aromatic carbocycles. The molecule has 0 amide bonds. The maximum absolute atomic E-state index is 12.1. The summed E-state index contributed by atoms with van der Waals surface area (Å²) >= 11 is 0. The molecular formula is C26H39N3O2. The van der Waals surface area contributed by atoms with Crippen LogP contribution in [0.3, 0.4) is 0 Å². The van der Waals surface area contributed by atoms with E-state index in [1.54, 1.807) is 12.4 Å². The quantitative estimate of drug-likeness (QED) is 0.746. The lowest BCUT2D eigenvalue weighted by Crippen LogP contribution is -2.56. The van der Waals surface area contributed by atoms with E-state index < -0.39 is 11.2 Å². The van der Waals surface area contributed by atoms with Crippen molar-refractivity contribution >= 4 is 0 Å². The van der Waals surface area contributed by atoms with Crippen LogP contribution >= 0.6 is 0 Å². The first kappa shape index (κ1) is 21.5. The van der Waals surface area contributed by atoms with Gasteiger partial charge in [0.05, 0.1) is 23.0 Å². The lowest BCUT2D eigenvalue weighted by molar-refractivity contribution is -0.160. The van der Waals surface area contributed by atoms with Gasteiger partial charge in [0.1, 0.15) is 6.07 Å². The summed E-state index contributed by atoms with van der Waals surface area (Å²) in [7, 11) is 0. The summed E-state index contributed by atoms with van der Waals surface area (Å²) in [5.74, 6) is 3.71. The summed E-state index contributed by atoms with van der Waals surface area (Å²) in [6.07, 6.45) is 13.4. The van der Waals surface area contributed by atoms with Crippen molar-refractivity contribution in [3.8, 4) is 6.07 Å². The number of hydrogen-bond acceptors (Lipinski definition) is 4. The van der Waals surface area contributed by atoms with Crippen LogP contribution in [0.15, 0.2) is 12.4 Å². The average molecular weight is 426 g/mol. The van der Waals surface area contributed by atoms with Gasteiger partial charge in [-0.25, -0.2) is 0 Å². The lowest BCUT2D eigenvalue weighted by Gasteiger charge is -2.58. The van der Waals surface area contributed by atoms with Gasteiger partial charge in [-0.15, -0.1) is 0 Å². The Morgan fingerprint density at radius 1 is 1.10 bits per heavy atom. The SMILES string of the molecule is C[C@@H](Cn1cc(C#N)cn1)[C@@]1(O)CC[C@H]2[C@@H]3CC[C@@H]4C[C@](C)(O)CC[C@@H]4[C@H]3CC[C@@]21C. The summed E-state index contributed by atoms with van der Waals surface area (Å²) in [6, 6.07) is 2.15. The van der Waals surface area contributed by atoms with E-state index in [1.165, 1.54) is 25.7 Å². The number of nitrogens with zero attached hydrogens (tertiary/aromatic N) is 3. The van der Waals surface area contributed by atoms with E-state index in [2.05, 4.69) is 25.0 Å². The predicted octanol–water partition coefficient (Wildman–Crippen LogP) is 4.53. The summed E-state index contributed by atoms with van der Waals surface area (Å²) in [5, 5.41) is 36.1. The molecule has 0 bridgehead atoms. The van der Waals surface area contributed by atoms with E-state index in [0.29, 0.717) is 23.9 Å². The van der Waals surface area contributed by atoms with Crippen molar-refractivity contribution in [2.45, 2.75) is 96.3 Å². The Labute approximate surface area is 186 Å². The molecule has 0 saturated heterocycles. The zero-order valence-corrected chi connectivity index (χ0v) is 19.4. The van der Waals surface area contributed by atoms with Crippen LogP contribution in [0.2, 0.25) is 0 Å². The van der Waals surface area contributed by atoms with Crippen LogP contribution in [-0.4, -0.2) is 31.2 Å². The van der Waals surface area contributed by atoms with Crippen LogP contribution in [0.25, 0.3) is 0 Å². The van der Waals surface area contributed by atoms with E-state index in [0.717, 1.165) is 49.9 Å². The molecule has 2 N–H and O–H groups in total. The van der Waals surface area contributed by atoms with Gasteiger partial charge in [0.25, 0.3) is 0 Å². The zero-order chi connectivity index (χ0) is 22.0. The Kier molecular flexibility index (Phi) is 5.07. The molecule has 4 fully saturated rings. The molecule has 1 aromatic rings. The van der Waals surface area contributed by atoms with Gasteiger partial charge in [0.15, 0.2) is 0 Å². The van der Waals surface area contributed by atoms with Crippen molar-refractivity contribution in [2.75, 3.05) is 0 Å². The molecule has 5 heteroatoms.